The topological polar surface area (TPSA) is 111 Å². The number of hydrogen-bond acceptors (Lipinski definition) is 9. The van der Waals surface area contributed by atoms with E-state index in [9.17, 15) is 9.18 Å². The van der Waals surface area contributed by atoms with Gasteiger partial charge in [-0.05, 0) is 49.8 Å². The Balaban J connectivity index is 1.49. The average Bonchev–Trinajstić information content (AvgIpc) is 3.51. The van der Waals surface area contributed by atoms with Gasteiger partial charge < -0.3 is 25.3 Å². The van der Waals surface area contributed by atoms with Gasteiger partial charge in [-0.15, -0.1) is 0 Å². The molecule has 3 fully saturated rings. The number of ether oxygens (including phenoxy) is 1. The summed E-state index contributed by atoms with van der Waals surface area (Å²) in [6, 6.07) is 5.97. The van der Waals surface area contributed by atoms with Crippen molar-refractivity contribution in [3.63, 3.8) is 0 Å². The maximum Gasteiger partial charge on any atom is 0.318 e. The number of pyridine rings is 1. The minimum absolute atomic E-state index is 0.140. The Morgan fingerprint density at radius 3 is 2.67 bits per heavy atom. The van der Waals surface area contributed by atoms with Gasteiger partial charge in [0, 0.05) is 37.3 Å². The lowest BCUT2D eigenvalue weighted by Gasteiger charge is -2.34. The van der Waals surface area contributed by atoms with Gasteiger partial charge in [-0.3, -0.25) is 4.79 Å². The maximum absolute atomic E-state index is 14.6. The van der Waals surface area contributed by atoms with E-state index in [0.29, 0.717) is 62.7 Å². The lowest BCUT2D eigenvalue weighted by Crippen LogP contribution is -2.51. The zero-order valence-corrected chi connectivity index (χ0v) is 20.6. The number of anilines is 2. The maximum atomic E-state index is 14.6. The summed E-state index contributed by atoms with van der Waals surface area (Å²) in [7, 11) is 1.53. The Morgan fingerprint density at radius 1 is 1.17 bits per heavy atom. The van der Waals surface area contributed by atoms with Gasteiger partial charge in [0.05, 0.1) is 28.5 Å². The van der Waals surface area contributed by atoms with E-state index in [1.54, 1.807) is 10.6 Å². The van der Waals surface area contributed by atoms with Crippen molar-refractivity contribution >= 4 is 43.4 Å². The molecule has 1 aliphatic carbocycles. The Kier molecular flexibility index (Phi) is 4.94. The second kappa shape index (κ2) is 8.10. The van der Waals surface area contributed by atoms with Gasteiger partial charge in [0.15, 0.2) is 5.13 Å². The van der Waals surface area contributed by atoms with Gasteiger partial charge in [0.25, 0.3) is 5.56 Å². The third kappa shape index (κ3) is 3.52. The highest BCUT2D eigenvalue weighted by molar-refractivity contribution is 7.22. The van der Waals surface area contributed by atoms with Crippen LogP contribution in [0.4, 0.5) is 15.3 Å². The number of benzene rings is 1. The molecule has 2 saturated heterocycles. The van der Waals surface area contributed by atoms with Crippen LogP contribution in [0.3, 0.4) is 0 Å². The van der Waals surface area contributed by atoms with Gasteiger partial charge in [-0.1, -0.05) is 11.3 Å². The molecule has 5 heterocycles. The fraction of sp³-hybridized carbons (Fsp3) is 0.440. The first-order valence-electron chi connectivity index (χ1n) is 12.3. The van der Waals surface area contributed by atoms with Crippen molar-refractivity contribution in [3.05, 3.63) is 34.4 Å². The number of hydrogen-bond donors (Lipinski definition) is 2. The lowest BCUT2D eigenvalue weighted by molar-refractivity contribution is 0.380. The number of fused-ring (bicyclic) bond motifs is 4. The van der Waals surface area contributed by atoms with E-state index >= 15 is 0 Å². The number of nitrogens with zero attached hydrogens (tertiary/aromatic N) is 5. The molecular weight excluding hydrogens is 481 g/mol. The molecule has 2 bridgehead atoms. The van der Waals surface area contributed by atoms with Crippen molar-refractivity contribution in [1.29, 1.82) is 0 Å². The molecule has 3 aromatic heterocycles. The molecule has 36 heavy (non-hydrogen) atoms. The molecule has 9 nitrogen and oxygen atoms in total. The van der Waals surface area contributed by atoms with Crippen molar-refractivity contribution in [2.45, 2.75) is 44.3 Å². The van der Waals surface area contributed by atoms with Gasteiger partial charge in [0.1, 0.15) is 17.0 Å². The summed E-state index contributed by atoms with van der Waals surface area (Å²) in [6.07, 6.45) is 4.41. The van der Waals surface area contributed by atoms with Gasteiger partial charge in [0.2, 0.25) is 0 Å². The van der Waals surface area contributed by atoms with Gasteiger partial charge in [-0.25, -0.2) is 9.37 Å². The van der Waals surface area contributed by atoms with Crippen LogP contribution in [0, 0.1) is 11.7 Å². The number of aromatic nitrogens is 4. The normalized spacial score (nSPS) is 21.6. The Morgan fingerprint density at radius 2 is 1.94 bits per heavy atom. The van der Waals surface area contributed by atoms with Crippen LogP contribution in [-0.2, 0) is 6.54 Å². The molecule has 3 N–H and O–H groups in total. The van der Waals surface area contributed by atoms with Gasteiger partial charge in [-0.2, -0.15) is 9.97 Å². The summed E-state index contributed by atoms with van der Waals surface area (Å²) in [4.78, 5) is 30.1. The molecule has 11 heteroatoms. The van der Waals surface area contributed by atoms with Gasteiger partial charge >= 0.3 is 6.01 Å². The van der Waals surface area contributed by atoms with Crippen LogP contribution in [0.5, 0.6) is 6.01 Å². The number of halogens is 1. The van der Waals surface area contributed by atoms with E-state index in [1.807, 2.05) is 6.07 Å². The number of thiazole rings is 1. The van der Waals surface area contributed by atoms with Crippen LogP contribution in [0.25, 0.3) is 32.4 Å². The van der Waals surface area contributed by atoms with E-state index in [1.165, 1.54) is 13.2 Å². The summed E-state index contributed by atoms with van der Waals surface area (Å²) in [5, 5.41) is 4.42. The van der Waals surface area contributed by atoms with Crippen LogP contribution < -0.4 is 26.2 Å². The zero-order chi connectivity index (χ0) is 24.6. The van der Waals surface area contributed by atoms with Crippen molar-refractivity contribution in [1.82, 2.24) is 24.8 Å². The molecule has 1 aromatic carbocycles. The van der Waals surface area contributed by atoms with Crippen molar-refractivity contribution in [2.75, 3.05) is 30.8 Å². The molecule has 0 spiro atoms. The van der Waals surface area contributed by atoms with Crippen LogP contribution in [-0.4, -0.2) is 51.8 Å². The van der Waals surface area contributed by atoms with E-state index in [0.717, 1.165) is 50.1 Å². The number of nitrogens with two attached hydrogens (primary N) is 1. The van der Waals surface area contributed by atoms with Crippen molar-refractivity contribution < 1.29 is 9.13 Å². The predicted molar refractivity (Wildman–Crippen MR) is 138 cm³/mol. The molecule has 4 aromatic rings. The minimum atomic E-state index is -0.376. The first kappa shape index (κ1) is 21.9. The van der Waals surface area contributed by atoms with E-state index < -0.39 is 0 Å². The van der Waals surface area contributed by atoms with Crippen LogP contribution in [0.1, 0.15) is 25.7 Å². The van der Waals surface area contributed by atoms with E-state index in [2.05, 4.69) is 25.2 Å². The fourth-order valence-electron chi connectivity index (χ4n) is 5.66. The number of piperazine rings is 1. The largest absolute Gasteiger partial charge is 0.467 e. The standard InChI is InChI=1S/C25H26FN7O2S/c1-35-25-29-17-8-18(15-6-7-16(26)21-20(15)30-24(27)36-21)33(9-12-2-3-12)23(34)19(17)22(31-25)32-10-13-4-5-14(11-32)28-13/h6-8,12-14,28H,2-5,9-11H2,1H3,(H2,27,30). The number of nitrogens with one attached hydrogen (secondary N) is 1. The molecule has 2 atom stereocenters. The second-order valence-electron chi connectivity index (χ2n) is 10.1. The zero-order valence-electron chi connectivity index (χ0n) is 19.8. The predicted octanol–water partition coefficient (Wildman–Crippen LogP) is 3.15. The molecular formula is C25H26FN7O2S. The molecule has 7 rings (SSSR count). The summed E-state index contributed by atoms with van der Waals surface area (Å²) < 4.78 is 22.2. The summed E-state index contributed by atoms with van der Waals surface area (Å²) in [5.74, 6) is 0.686. The van der Waals surface area contributed by atoms with Crippen LogP contribution in [0.2, 0.25) is 0 Å². The smallest absolute Gasteiger partial charge is 0.318 e. The first-order chi connectivity index (χ1) is 17.5. The summed E-state index contributed by atoms with van der Waals surface area (Å²) in [5.41, 5.74) is 8.10. The highest BCUT2D eigenvalue weighted by Gasteiger charge is 2.35. The summed E-state index contributed by atoms with van der Waals surface area (Å²) >= 11 is 1.11. The molecule has 0 amide bonds. The first-order valence-corrected chi connectivity index (χ1v) is 13.2. The van der Waals surface area contributed by atoms with E-state index in [-0.39, 0.29) is 22.5 Å². The lowest BCUT2D eigenvalue weighted by atomic mass is 10.1. The minimum Gasteiger partial charge on any atom is -0.467 e. The Labute approximate surface area is 210 Å². The fourth-order valence-corrected chi connectivity index (χ4v) is 6.42. The van der Waals surface area contributed by atoms with Crippen LogP contribution in [0.15, 0.2) is 23.0 Å². The molecule has 2 unspecified atom stereocenters. The van der Waals surface area contributed by atoms with Crippen molar-refractivity contribution in [2.24, 2.45) is 5.92 Å². The molecule has 186 valence electrons. The second-order valence-corrected chi connectivity index (χ2v) is 11.1. The summed E-state index contributed by atoms with van der Waals surface area (Å²) in [6.45, 7) is 2.15. The third-order valence-corrected chi connectivity index (χ3v) is 8.44. The average molecular weight is 508 g/mol. The molecule has 1 saturated carbocycles. The number of nitrogen functional groups attached to an aromatic ring is 1. The highest BCUT2D eigenvalue weighted by Crippen LogP contribution is 2.38. The quantitative estimate of drug-likeness (QED) is 0.424. The molecule has 0 radical (unpaired) electrons. The third-order valence-electron chi connectivity index (χ3n) is 7.55. The number of methoxy groups -OCH3 is 1. The highest BCUT2D eigenvalue weighted by atomic mass is 32.1. The molecule has 2 aliphatic heterocycles. The monoisotopic (exact) mass is 507 g/mol. The SMILES string of the molecule is COc1nc(N2CC3CCC(C2)N3)c2c(=O)n(CC3CC3)c(-c3ccc(F)c4sc(N)nc34)cc2n1. The van der Waals surface area contributed by atoms with E-state index in [4.69, 9.17) is 10.5 Å². The van der Waals surface area contributed by atoms with Crippen LogP contribution >= 0.6 is 11.3 Å². The number of rotatable bonds is 5. The Hall–Kier alpha value is -3.31. The molecule has 3 aliphatic rings. The Bertz CT molecular complexity index is 1570. The van der Waals surface area contributed by atoms with Crippen molar-refractivity contribution in [3.8, 4) is 17.3 Å².